The van der Waals surface area contributed by atoms with Crippen molar-refractivity contribution in [3.63, 3.8) is 0 Å². The maximum Gasteiger partial charge on any atom is 0.279 e. The van der Waals surface area contributed by atoms with Crippen LogP contribution in [0.3, 0.4) is 0 Å². The fraction of sp³-hybridized carbons (Fsp3) is 0.725. The topological polar surface area (TPSA) is 161 Å². The van der Waals surface area contributed by atoms with E-state index < -0.39 is 44.7 Å². The number of halogens is 3. The van der Waals surface area contributed by atoms with Crippen LogP contribution in [0.25, 0.3) is 0 Å². The van der Waals surface area contributed by atoms with Crippen LogP contribution >= 0.6 is 0 Å². The molecule has 8 rings (SSSR count). The molecule has 0 spiro atoms. The summed E-state index contributed by atoms with van der Waals surface area (Å²) in [5.74, 6) is -1.33. The molecule has 71 heavy (non-hydrogen) atoms. The van der Waals surface area contributed by atoms with E-state index in [-0.39, 0.29) is 104 Å². The minimum Gasteiger partial charge on any atom is -0.378 e. The van der Waals surface area contributed by atoms with Crippen molar-refractivity contribution in [1.82, 2.24) is 32.8 Å². The SMILES string of the molecule is CN1CC(CN(C)S(=O)(=O)NC2CCN(C(=O)C3CC(F)C3)CC2COC2CCC(c3cccc(F)c3)CC2)CC1C(=O)N1CCC(NS(=O)(=O)N(C)C)C(COC2CCC(c3cccc(F)c3)CC2)C1. The lowest BCUT2D eigenvalue weighted by Gasteiger charge is -2.42. The van der Waals surface area contributed by atoms with Gasteiger partial charge in [0.25, 0.3) is 20.4 Å². The second kappa shape index (κ2) is 23.6. The van der Waals surface area contributed by atoms with Gasteiger partial charge in [0.15, 0.2) is 0 Å². The molecule has 3 saturated carbocycles. The van der Waals surface area contributed by atoms with E-state index >= 15 is 0 Å². The van der Waals surface area contributed by atoms with Crippen molar-refractivity contribution < 1.29 is 49.1 Å². The quantitative estimate of drug-likeness (QED) is 0.199. The average molecular weight is 1040 g/mol. The average Bonchev–Trinajstić information content (AvgIpc) is 3.71. The normalized spacial score (nSPS) is 32.3. The van der Waals surface area contributed by atoms with E-state index in [4.69, 9.17) is 9.47 Å². The first-order chi connectivity index (χ1) is 33.8. The van der Waals surface area contributed by atoms with E-state index in [9.17, 15) is 39.6 Å². The van der Waals surface area contributed by atoms with Gasteiger partial charge < -0.3 is 19.3 Å². The maximum atomic E-state index is 14.4. The van der Waals surface area contributed by atoms with Gasteiger partial charge in [0, 0.05) is 90.2 Å². The molecule has 3 saturated heterocycles. The summed E-state index contributed by atoms with van der Waals surface area (Å²) >= 11 is 0. The fourth-order valence-corrected chi connectivity index (χ4v) is 14.2. The predicted octanol–water partition coefficient (Wildman–Crippen LogP) is 5.42. The molecule has 2 amide bonds. The Bertz CT molecular complexity index is 2350. The van der Waals surface area contributed by atoms with Gasteiger partial charge >= 0.3 is 0 Å². The Kier molecular flexibility index (Phi) is 17.9. The fourth-order valence-electron chi connectivity index (χ4n) is 12.1. The van der Waals surface area contributed by atoms with Gasteiger partial charge in [-0.2, -0.15) is 34.9 Å². The number of piperidine rings is 2. The lowest BCUT2D eigenvalue weighted by atomic mass is 9.81. The van der Waals surface area contributed by atoms with Crippen LogP contribution in [-0.2, 0) is 39.5 Å². The monoisotopic (exact) mass is 1040 g/mol. The number of ether oxygens (including phenoxy) is 2. The summed E-state index contributed by atoms with van der Waals surface area (Å²) in [6.07, 6.45) is 7.14. The van der Waals surface area contributed by atoms with E-state index in [1.807, 2.05) is 24.1 Å². The van der Waals surface area contributed by atoms with Gasteiger partial charge in [-0.1, -0.05) is 24.3 Å². The molecule has 3 heterocycles. The molecule has 2 aromatic rings. The van der Waals surface area contributed by atoms with Crippen molar-refractivity contribution in [1.29, 1.82) is 0 Å². The zero-order valence-corrected chi connectivity index (χ0v) is 43.5. The largest absolute Gasteiger partial charge is 0.378 e. The molecule has 3 aliphatic heterocycles. The number of alkyl halides is 1. The summed E-state index contributed by atoms with van der Waals surface area (Å²) in [5, 5.41) is 0. The number of hydrogen-bond acceptors (Lipinski definition) is 9. The summed E-state index contributed by atoms with van der Waals surface area (Å²) in [6.45, 7) is 2.48. The highest BCUT2D eigenvalue weighted by Crippen LogP contribution is 2.38. The summed E-state index contributed by atoms with van der Waals surface area (Å²) in [5.41, 5.74) is 1.97. The van der Waals surface area contributed by atoms with Gasteiger partial charge in [0.05, 0.1) is 31.5 Å². The molecular weight excluding hydrogens is 960 g/mol. The molecule has 2 N–H and O–H groups in total. The Morgan fingerprint density at radius 1 is 0.662 bits per heavy atom. The third-order valence-electron chi connectivity index (χ3n) is 16.5. The Hall–Kier alpha value is -3.21. The number of nitrogens with one attached hydrogen (secondary N) is 2. The standard InChI is InChI=1S/C51H76F3N7O8S2/c1-57(2)70(64,65)55-47-20-22-61(31-41(47)33-69-46-17-13-36(14-18-46)38-8-6-10-43(53)25-38)51(63)49-23-34(28-58(49)3)29-59(4)71(66,67)56-48-19-21-60(50(62)39-26-44(54)27-39)30-40(48)32-68-45-15-11-35(12-16-45)37-7-5-9-42(52)24-37/h5-10,24-25,34-36,39-41,44-49,55-56H,11-23,26-33H2,1-4H3. The Balaban J connectivity index is 0.849. The molecule has 0 radical (unpaired) electrons. The number of rotatable bonds is 18. The first kappa shape index (κ1) is 54.1. The molecule has 3 aliphatic carbocycles. The van der Waals surface area contributed by atoms with Crippen molar-refractivity contribution in [3.05, 3.63) is 71.3 Å². The molecule has 6 aliphatic rings. The lowest BCUT2D eigenvalue weighted by molar-refractivity contribution is -0.143. The van der Waals surface area contributed by atoms with Crippen LogP contribution in [-0.4, -0.2) is 169 Å². The van der Waals surface area contributed by atoms with Crippen LogP contribution in [0.1, 0.15) is 106 Å². The number of nitrogens with zero attached hydrogens (tertiary/aromatic N) is 5. The Morgan fingerprint density at radius 2 is 1.14 bits per heavy atom. The lowest BCUT2D eigenvalue weighted by Crippen LogP contribution is -2.57. The Morgan fingerprint density at radius 3 is 1.61 bits per heavy atom. The van der Waals surface area contributed by atoms with Crippen LogP contribution < -0.4 is 9.44 Å². The number of hydrogen-bond donors (Lipinski definition) is 2. The van der Waals surface area contributed by atoms with Gasteiger partial charge in [-0.05, 0) is 144 Å². The van der Waals surface area contributed by atoms with Gasteiger partial charge in [-0.15, -0.1) is 0 Å². The molecule has 6 unspecified atom stereocenters. The van der Waals surface area contributed by atoms with E-state index in [1.54, 1.807) is 41.1 Å². The number of carbonyl (C=O) groups is 2. The van der Waals surface area contributed by atoms with E-state index in [1.165, 1.54) is 30.5 Å². The minimum absolute atomic E-state index is 0.0354. The zero-order chi connectivity index (χ0) is 50.6. The van der Waals surface area contributed by atoms with Gasteiger partial charge in [0.2, 0.25) is 11.8 Å². The summed E-state index contributed by atoms with van der Waals surface area (Å²) in [6, 6.07) is 12.0. The van der Waals surface area contributed by atoms with E-state index in [0.717, 1.165) is 66.8 Å². The number of carbonyl (C=O) groups excluding carboxylic acids is 2. The van der Waals surface area contributed by atoms with Gasteiger partial charge in [0.1, 0.15) is 17.8 Å². The minimum atomic E-state index is -4.02. The number of likely N-dealkylation sites (N-methyl/N-ethyl adjacent to an activating group) is 1. The number of amides is 2. The van der Waals surface area contributed by atoms with Crippen LogP contribution in [0, 0.1) is 35.3 Å². The molecule has 396 valence electrons. The van der Waals surface area contributed by atoms with Crippen molar-refractivity contribution >= 4 is 32.2 Å². The third kappa shape index (κ3) is 13.8. The van der Waals surface area contributed by atoms with Crippen LogP contribution in [0.5, 0.6) is 0 Å². The second-order valence-corrected chi connectivity index (χ2v) is 25.5. The predicted molar refractivity (Wildman–Crippen MR) is 264 cm³/mol. The molecule has 0 aromatic heterocycles. The van der Waals surface area contributed by atoms with Crippen LogP contribution in [0.4, 0.5) is 13.2 Å². The van der Waals surface area contributed by atoms with Crippen molar-refractivity contribution in [2.75, 3.05) is 80.7 Å². The molecule has 0 bridgehead atoms. The first-order valence-electron chi connectivity index (χ1n) is 25.9. The van der Waals surface area contributed by atoms with Crippen molar-refractivity contribution in [2.45, 2.75) is 132 Å². The Labute approximate surface area is 419 Å². The maximum absolute atomic E-state index is 14.4. The van der Waals surface area contributed by atoms with Crippen LogP contribution in [0.2, 0.25) is 0 Å². The van der Waals surface area contributed by atoms with Gasteiger partial charge in [-0.25, -0.2) is 13.2 Å². The van der Waals surface area contributed by atoms with E-state index in [2.05, 4.69) is 9.44 Å². The number of likely N-dealkylation sites (tertiary alicyclic amines) is 3. The highest BCUT2D eigenvalue weighted by atomic mass is 32.2. The molecule has 6 fully saturated rings. The smallest absolute Gasteiger partial charge is 0.279 e. The van der Waals surface area contributed by atoms with Crippen molar-refractivity contribution in [2.24, 2.45) is 23.7 Å². The van der Waals surface area contributed by atoms with Crippen LogP contribution in [0.15, 0.2) is 48.5 Å². The highest BCUT2D eigenvalue weighted by Gasteiger charge is 2.44. The van der Waals surface area contributed by atoms with Gasteiger partial charge in [-0.3, -0.25) is 14.5 Å². The molecular formula is C51H76F3N7O8S2. The molecule has 6 atom stereocenters. The third-order valence-corrected chi connectivity index (χ3v) is 19.7. The molecule has 2 aromatic carbocycles. The summed E-state index contributed by atoms with van der Waals surface area (Å²) in [7, 11) is -1.43. The molecule has 20 heteroatoms. The van der Waals surface area contributed by atoms with E-state index in [0.29, 0.717) is 52.0 Å². The van der Waals surface area contributed by atoms with Crippen molar-refractivity contribution in [3.8, 4) is 0 Å². The second-order valence-electron chi connectivity index (χ2n) is 21.7. The highest BCUT2D eigenvalue weighted by molar-refractivity contribution is 7.87. The first-order valence-corrected chi connectivity index (χ1v) is 28.8. The zero-order valence-electron chi connectivity index (χ0n) is 41.8. The number of benzene rings is 2. The molecule has 15 nitrogen and oxygen atoms in total. The summed E-state index contributed by atoms with van der Waals surface area (Å²) in [4.78, 5) is 33.3. The summed E-state index contributed by atoms with van der Waals surface area (Å²) < 4.78 is 117.